The maximum absolute atomic E-state index is 12.7. The van der Waals surface area contributed by atoms with Crippen molar-refractivity contribution < 1.29 is 9.53 Å². The molecular formula is C21H24N4O2. The summed E-state index contributed by atoms with van der Waals surface area (Å²) in [4.78, 5) is 21.3. The lowest BCUT2D eigenvalue weighted by atomic mass is 9.88. The number of aryl methyl sites for hydroxylation is 1. The van der Waals surface area contributed by atoms with Gasteiger partial charge in [0.25, 0.3) is 0 Å². The molecule has 0 radical (unpaired) electrons. The number of aromatic nitrogens is 3. The van der Waals surface area contributed by atoms with Gasteiger partial charge in [-0.1, -0.05) is 31.4 Å². The first kappa shape index (κ1) is 17.5. The summed E-state index contributed by atoms with van der Waals surface area (Å²) in [6, 6.07) is 6.11. The van der Waals surface area contributed by atoms with E-state index in [4.69, 9.17) is 4.74 Å². The van der Waals surface area contributed by atoms with Gasteiger partial charge in [0.2, 0.25) is 5.91 Å². The molecule has 1 aromatic carbocycles. The Bertz CT molecular complexity index is 973. The summed E-state index contributed by atoms with van der Waals surface area (Å²) in [5, 5.41) is 4.88. The minimum Gasteiger partial charge on any atom is -0.492 e. The Hall–Kier alpha value is -2.89. The molecule has 2 heterocycles. The highest BCUT2D eigenvalue weighted by Crippen LogP contribution is 2.35. The zero-order valence-corrected chi connectivity index (χ0v) is 15.7. The molecule has 2 aromatic heterocycles. The third-order valence-electron chi connectivity index (χ3n) is 5.38. The van der Waals surface area contributed by atoms with Gasteiger partial charge in [-0.25, -0.2) is 9.97 Å². The third-order valence-corrected chi connectivity index (χ3v) is 5.38. The van der Waals surface area contributed by atoms with Crippen LogP contribution in [0.15, 0.2) is 36.9 Å². The number of imidazole rings is 1. The van der Waals surface area contributed by atoms with E-state index >= 15 is 0 Å². The molecule has 6 heteroatoms. The van der Waals surface area contributed by atoms with E-state index in [-0.39, 0.29) is 11.8 Å². The molecule has 0 aliphatic heterocycles. The molecule has 0 spiro atoms. The number of hydrogen-bond donors (Lipinski definition) is 1. The highest BCUT2D eigenvalue weighted by atomic mass is 16.5. The lowest BCUT2D eigenvalue weighted by Crippen LogP contribution is -2.25. The van der Waals surface area contributed by atoms with Crippen LogP contribution in [0.2, 0.25) is 0 Å². The van der Waals surface area contributed by atoms with Gasteiger partial charge in [0.1, 0.15) is 0 Å². The van der Waals surface area contributed by atoms with Gasteiger partial charge in [-0.3, -0.25) is 4.79 Å². The number of benzene rings is 1. The molecule has 4 rings (SSSR count). The number of amides is 1. The van der Waals surface area contributed by atoms with Crippen LogP contribution < -0.4 is 10.1 Å². The number of ether oxygens (including phenoxy) is 1. The van der Waals surface area contributed by atoms with Crippen molar-refractivity contribution in [3.63, 3.8) is 0 Å². The van der Waals surface area contributed by atoms with Crippen molar-refractivity contribution in [1.29, 1.82) is 0 Å². The summed E-state index contributed by atoms with van der Waals surface area (Å²) in [6.07, 6.45) is 10.8. The Kier molecular flexibility index (Phi) is 4.79. The molecule has 1 aliphatic carbocycles. The summed E-state index contributed by atoms with van der Waals surface area (Å²) in [6.45, 7) is 0. The second-order valence-corrected chi connectivity index (χ2v) is 7.16. The van der Waals surface area contributed by atoms with Crippen molar-refractivity contribution in [2.45, 2.75) is 32.1 Å². The van der Waals surface area contributed by atoms with E-state index in [0.29, 0.717) is 11.6 Å². The molecule has 1 fully saturated rings. The molecule has 140 valence electrons. The number of nitrogens with zero attached hydrogens (tertiary/aromatic N) is 3. The Morgan fingerprint density at radius 1 is 1.22 bits per heavy atom. The molecule has 3 aromatic rings. The molecule has 27 heavy (non-hydrogen) atoms. The number of carbonyl (C=O) groups excluding carboxylic acids is 1. The molecule has 6 nitrogen and oxygen atoms in total. The summed E-state index contributed by atoms with van der Waals surface area (Å²) < 4.78 is 7.62. The zero-order valence-electron chi connectivity index (χ0n) is 15.7. The number of anilines is 1. The van der Waals surface area contributed by atoms with Gasteiger partial charge in [0, 0.05) is 35.5 Å². The van der Waals surface area contributed by atoms with Crippen LogP contribution in [-0.2, 0) is 11.8 Å². The van der Waals surface area contributed by atoms with E-state index in [0.717, 1.165) is 47.7 Å². The fraction of sp³-hybridized carbons (Fsp3) is 0.381. The number of hydrogen-bond acceptors (Lipinski definition) is 4. The second kappa shape index (κ2) is 7.39. The van der Waals surface area contributed by atoms with E-state index in [2.05, 4.69) is 21.4 Å². The number of fused-ring (bicyclic) bond motifs is 1. The minimum absolute atomic E-state index is 0.0441. The molecule has 1 aliphatic rings. The van der Waals surface area contributed by atoms with Crippen LogP contribution in [-0.4, -0.2) is 27.6 Å². The monoisotopic (exact) mass is 364 g/mol. The molecular weight excluding hydrogens is 340 g/mol. The van der Waals surface area contributed by atoms with E-state index in [1.54, 1.807) is 19.6 Å². The van der Waals surface area contributed by atoms with Crippen molar-refractivity contribution in [3.05, 3.63) is 36.9 Å². The van der Waals surface area contributed by atoms with Gasteiger partial charge in [-0.05, 0) is 18.9 Å². The first-order valence-corrected chi connectivity index (χ1v) is 9.41. The highest BCUT2D eigenvalue weighted by molar-refractivity contribution is 5.99. The second-order valence-electron chi connectivity index (χ2n) is 7.16. The summed E-state index contributed by atoms with van der Waals surface area (Å²) in [7, 11) is 3.58. The first-order valence-electron chi connectivity index (χ1n) is 9.41. The van der Waals surface area contributed by atoms with E-state index in [1.165, 1.54) is 6.42 Å². The molecule has 0 bridgehead atoms. The fourth-order valence-corrected chi connectivity index (χ4v) is 3.86. The number of carbonyl (C=O) groups is 1. The minimum atomic E-state index is 0.0441. The van der Waals surface area contributed by atoms with E-state index in [1.807, 2.05) is 29.9 Å². The fourth-order valence-electron chi connectivity index (χ4n) is 3.86. The predicted molar refractivity (Wildman–Crippen MR) is 106 cm³/mol. The van der Waals surface area contributed by atoms with Crippen LogP contribution in [0.4, 0.5) is 5.82 Å². The molecule has 1 N–H and O–H groups in total. The average molecular weight is 364 g/mol. The van der Waals surface area contributed by atoms with Gasteiger partial charge in [-0.15, -0.1) is 0 Å². The highest BCUT2D eigenvalue weighted by Gasteiger charge is 2.23. The maximum atomic E-state index is 12.7. The lowest BCUT2D eigenvalue weighted by molar-refractivity contribution is -0.120. The van der Waals surface area contributed by atoms with Crippen LogP contribution in [0, 0.1) is 5.92 Å². The number of methoxy groups -OCH3 is 1. The summed E-state index contributed by atoms with van der Waals surface area (Å²) in [5.41, 5.74) is 2.06. The van der Waals surface area contributed by atoms with Crippen molar-refractivity contribution in [1.82, 2.24) is 14.5 Å². The smallest absolute Gasteiger partial charge is 0.228 e. The van der Waals surface area contributed by atoms with Gasteiger partial charge in [-0.2, -0.15) is 0 Å². The number of rotatable bonds is 4. The third kappa shape index (κ3) is 3.39. The van der Waals surface area contributed by atoms with Crippen LogP contribution in [0.25, 0.3) is 22.0 Å². The topological polar surface area (TPSA) is 69.0 Å². The van der Waals surface area contributed by atoms with Crippen LogP contribution in [0.3, 0.4) is 0 Å². The molecule has 0 atom stereocenters. The van der Waals surface area contributed by atoms with Crippen molar-refractivity contribution in [3.8, 4) is 17.0 Å². The van der Waals surface area contributed by atoms with Gasteiger partial charge in [0.05, 0.1) is 25.3 Å². The van der Waals surface area contributed by atoms with Crippen molar-refractivity contribution in [2.24, 2.45) is 13.0 Å². The Morgan fingerprint density at radius 3 is 2.74 bits per heavy atom. The van der Waals surface area contributed by atoms with E-state index in [9.17, 15) is 4.79 Å². The van der Waals surface area contributed by atoms with Crippen LogP contribution >= 0.6 is 0 Å². The van der Waals surface area contributed by atoms with Crippen molar-refractivity contribution in [2.75, 3.05) is 12.4 Å². The molecule has 1 amide bonds. The Morgan fingerprint density at radius 2 is 2.04 bits per heavy atom. The predicted octanol–water partition coefficient (Wildman–Crippen LogP) is 4.16. The maximum Gasteiger partial charge on any atom is 0.228 e. The molecule has 0 unspecified atom stereocenters. The Balaban J connectivity index is 1.71. The quantitative estimate of drug-likeness (QED) is 0.755. The molecule has 1 saturated carbocycles. The standard InChI is InChI=1S/C21H24N4O2/c1-25-13-22-12-18(25)15-8-9-16-11-23-20(19(27-2)17(16)10-15)24-21(26)14-6-4-3-5-7-14/h8-14H,3-7H2,1-2H3,(H,23,24,26). The Labute approximate surface area is 158 Å². The normalized spacial score (nSPS) is 15.0. The number of pyridine rings is 1. The molecule has 0 saturated heterocycles. The SMILES string of the molecule is COc1c(NC(=O)C2CCCCC2)ncc2ccc(-c3cncn3C)cc12. The first-order chi connectivity index (χ1) is 13.2. The van der Waals surface area contributed by atoms with Gasteiger partial charge < -0.3 is 14.6 Å². The van der Waals surface area contributed by atoms with Crippen molar-refractivity contribution >= 4 is 22.5 Å². The average Bonchev–Trinajstić information content (AvgIpc) is 3.14. The number of nitrogens with one attached hydrogen (secondary N) is 1. The summed E-state index contributed by atoms with van der Waals surface area (Å²) >= 11 is 0. The summed E-state index contributed by atoms with van der Waals surface area (Å²) in [5.74, 6) is 1.20. The lowest BCUT2D eigenvalue weighted by Gasteiger charge is -2.21. The largest absolute Gasteiger partial charge is 0.492 e. The zero-order chi connectivity index (χ0) is 18.8. The van der Waals surface area contributed by atoms with E-state index < -0.39 is 0 Å². The van der Waals surface area contributed by atoms with Crippen LogP contribution in [0.5, 0.6) is 5.75 Å². The van der Waals surface area contributed by atoms with Gasteiger partial charge in [0.15, 0.2) is 11.6 Å². The van der Waals surface area contributed by atoms with Crippen LogP contribution in [0.1, 0.15) is 32.1 Å². The van der Waals surface area contributed by atoms with Gasteiger partial charge >= 0.3 is 0 Å².